The van der Waals surface area contributed by atoms with Gasteiger partial charge in [0.1, 0.15) is 5.56 Å². The van der Waals surface area contributed by atoms with Gasteiger partial charge >= 0.3 is 12.1 Å². The number of aromatic carboxylic acids is 1. The van der Waals surface area contributed by atoms with Gasteiger partial charge in [-0.3, -0.25) is 4.68 Å². The van der Waals surface area contributed by atoms with Crippen molar-refractivity contribution in [3.8, 4) is 0 Å². The maximum absolute atomic E-state index is 12.7. The van der Waals surface area contributed by atoms with Crippen LogP contribution in [0, 0.1) is 0 Å². The zero-order valence-corrected chi connectivity index (χ0v) is 8.75. The lowest BCUT2D eigenvalue weighted by Crippen LogP contribution is -2.20. The molecule has 1 aromatic rings. The monoisotopic (exact) mass is 236 g/mol. The molecule has 4 nitrogen and oxygen atoms in total. The van der Waals surface area contributed by atoms with E-state index in [1.807, 2.05) is 0 Å². The van der Waals surface area contributed by atoms with Gasteiger partial charge in [-0.05, 0) is 13.3 Å². The molecule has 0 amide bonds. The van der Waals surface area contributed by atoms with Gasteiger partial charge in [-0.25, -0.2) is 4.79 Å². The number of nitrogens with zero attached hydrogens (tertiary/aromatic N) is 2. The first-order chi connectivity index (χ1) is 7.29. The number of hydrogen-bond donors (Lipinski definition) is 1. The fourth-order valence-electron chi connectivity index (χ4n) is 1.31. The third-order valence-corrected chi connectivity index (χ3v) is 2.30. The van der Waals surface area contributed by atoms with E-state index in [1.165, 1.54) is 0 Å². The van der Waals surface area contributed by atoms with Crippen LogP contribution in [0.3, 0.4) is 0 Å². The third kappa shape index (κ3) is 2.17. The van der Waals surface area contributed by atoms with Crippen molar-refractivity contribution in [1.29, 1.82) is 0 Å². The minimum Gasteiger partial charge on any atom is -0.478 e. The van der Waals surface area contributed by atoms with Crippen LogP contribution in [0.5, 0.6) is 0 Å². The SMILES string of the molecule is CCC(C)n1ncc(C(=O)O)c1C(F)(F)F. The molecule has 90 valence electrons. The molecule has 0 spiro atoms. The van der Waals surface area contributed by atoms with E-state index in [9.17, 15) is 18.0 Å². The molecule has 0 bridgehead atoms. The Morgan fingerprint density at radius 2 is 2.19 bits per heavy atom. The molecule has 1 unspecified atom stereocenters. The highest BCUT2D eigenvalue weighted by Gasteiger charge is 2.40. The van der Waals surface area contributed by atoms with Crippen LogP contribution in [0.25, 0.3) is 0 Å². The van der Waals surface area contributed by atoms with Crippen molar-refractivity contribution in [2.24, 2.45) is 0 Å². The van der Waals surface area contributed by atoms with Crippen LogP contribution in [-0.2, 0) is 6.18 Å². The predicted molar refractivity (Wildman–Crippen MR) is 49.2 cm³/mol. The van der Waals surface area contributed by atoms with Gasteiger partial charge in [-0.1, -0.05) is 6.92 Å². The molecule has 0 aliphatic carbocycles. The van der Waals surface area contributed by atoms with Crippen LogP contribution >= 0.6 is 0 Å². The molecule has 1 rings (SSSR count). The standard InChI is InChI=1S/C9H11F3N2O2/c1-3-5(2)14-7(9(10,11)12)6(4-13-14)8(15)16/h4-5H,3H2,1-2H3,(H,15,16). The summed E-state index contributed by atoms with van der Waals surface area (Å²) >= 11 is 0. The number of rotatable bonds is 3. The summed E-state index contributed by atoms with van der Waals surface area (Å²) in [6.07, 6.45) is -3.55. The first-order valence-electron chi connectivity index (χ1n) is 4.67. The van der Waals surface area contributed by atoms with Crippen LogP contribution in [0.1, 0.15) is 42.4 Å². The summed E-state index contributed by atoms with van der Waals surface area (Å²) in [7, 11) is 0. The molecule has 1 heterocycles. The molecule has 16 heavy (non-hydrogen) atoms. The molecule has 0 aromatic carbocycles. The Morgan fingerprint density at radius 1 is 1.62 bits per heavy atom. The Balaban J connectivity index is 3.37. The van der Waals surface area contributed by atoms with Crippen molar-refractivity contribution < 1.29 is 23.1 Å². The Bertz CT molecular complexity index is 398. The van der Waals surface area contributed by atoms with Crippen molar-refractivity contribution in [3.05, 3.63) is 17.5 Å². The molecular weight excluding hydrogens is 225 g/mol. The quantitative estimate of drug-likeness (QED) is 0.877. The summed E-state index contributed by atoms with van der Waals surface area (Å²) in [5.41, 5.74) is -2.01. The largest absolute Gasteiger partial charge is 0.478 e. The van der Waals surface area contributed by atoms with Crippen molar-refractivity contribution >= 4 is 5.97 Å². The predicted octanol–water partition coefficient (Wildman–Crippen LogP) is 2.57. The minimum atomic E-state index is -4.71. The number of carboxylic acid groups (broad SMARTS) is 1. The number of carboxylic acids is 1. The molecule has 1 aromatic heterocycles. The van der Waals surface area contributed by atoms with Crippen LogP contribution in [0.2, 0.25) is 0 Å². The van der Waals surface area contributed by atoms with Gasteiger partial charge in [0.2, 0.25) is 0 Å². The maximum atomic E-state index is 12.7. The third-order valence-electron chi connectivity index (χ3n) is 2.30. The topological polar surface area (TPSA) is 55.1 Å². The van der Waals surface area contributed by atoms with Gasteiger partial charge in [-0.2, -0.15) is 18.3 Å². The molecule has 0 radical (unpaired) electrons. The molecule has 1 N–H and O–H groups in total. The lowest BCUT2D eigenvalue weighted by Gasteiger charge is -2.16. The first kappa shape index (κ1) is 12.5. The average molecular weight is 236 g/mol. The Labute approximate surface area is 89.7 Å². The van der Waals surface area contributed by atoms with Gasteiger partial charge in [0, 0.05) is 6.04 Å². The zero-order valence-electron chi connectivity index (χ0n) is 8.75. The second-order valence-electron chi connectivity index (χ2n) is 3.41. The zero-order chi connectivity index (χ0) is 12.5. The highest BCUT2D eigenvalue weighted by molar-refractivity contribution is 5.88. The van der Waals surface area contributed by atoms with Crippen molar-refractivity contribution in [2.45, 2.75) is 32.5 Å². The summed E-state index contributed by atoms with van der Waals surface area (Å²) in [4.78, 5) is 10.6. The van der Waals surface area contributed by atoms with Crippen molar-refractivity contribution in [3.63, 3.8) is 0 Å². The van der Waals surface area contributed by atoms with Crippen LogP contribution in [-0.4, -0.2) is 20.9 Å². The molecular formula is C9H11F3N2O2. The summed E-state index contributed by atoms with van der Waals surface area (Å²) in [6.45, 7) is 3.25. The second-order valence-corrected chi connectivity index (χ2v) is 3.41. The van der Waals surface area contributed by atoms with Crippen LogP contribution in [0.15, 0.2) is 6.20 Å². The number of aromatic nitrogens is 2. The molecule has 0 saturated carbocycles. The highest BCUT2D eigenvalue weighted by Crippen LogP contribution is 2.33. The molecule has 0 fully saturated rings. The number of carbonyl (C=O) groups is 1. The van der Waals surface area contributed by atoms with Crippen LogP contribution in [0.4, 0.5) is 13.2 Å². The van der Waals surface area contributed by atoms with Gasteiger partial charge in [-0.15, -0.1) is 0 Å². The summed E-state index contributed by atoms with van der Waals surface area (Å²) in [5.74, 6) is -1.62. The van der Waals surface area contributed by atoms with Gasteiger partial charge < -0.3 is 5.11 Å². The fraction of sp³-hybridized carbons (Fsp3) is 0.556. The molecule has 1 atom stereocenters. The Hall–Kier alpha value is -1.53. The van der Waals surface area contributed by atoms with E-state index < -0.39 is 29.4 Å². The van der Waals surface area contributed by atoms with E-state index in [0.717, 1.165) is 6.20 Å². The van der Waals surface area contributed by atoms with E-state index in [1.54, 1.807) is 13.8 Å². The first-order valence-corrected chi connectivity index (χ1v) is 4.67. The smallest absolute Gasteiger partial charge is 0.433 e. The van der Waals surface area contributed by atoms with Gasteiger partial charge in [0.25, 0.3) is 0 Å². The highest BCUT2D eigenvalue weighted by atomic mass is 19.4. The number of hydrogen-bond acceptors (Lipinski definition) is 2. The van der Waals surface area contributed by atoms with Crippen LogP contribution < -0.4 is 0 Å². The van der Waals surface area contributed by atoms with E-state index in [0.29, 0.717) is 11.1 Å². The normalized spacial score (nSPS) is 13.8. The van der Waals surface area contributed by atoms with Crippen molar-refractivity contribution in [2.75, 3.05) is 0 Å². The Kier molecular flexibility index (Phi) is 3.25. The molecule has 0 aliphatic heterocycles. The second kappa shape index (κ2) is 4.15. The fourth-order valence-corrected chi connectivity index (χ4v) is 1.31. The van der Waals surface area contributed by atoms with Crippen molar-refractivity contribution in [1.82, 2.24) is 9.78 Å². The number of alkyl halides is 3. The van der Waals surface area contributed by atoms with E-state index in [2.05, 4.69) is 5.10 Å². The summed E-state index contributed by atoms with van der Waals surface area (Å²) in [6, 6.07) is -0.496. The Morgan fingerprint density at radius 3 is 2.56 bits per heavy atom. The molecule has 0 aliphatic rings. The summed E-state index contributed by atoms with van der Waals surface area (Å²) in [5, 5.41) is 12.1. The summed E-state index contributed by atoms with van der Waals surface area (Å²) < 4.78 is 38.7. The lowest BCUT2D eigenvalue weighted by molar-refractivity contribution is -0.145. The van der Waals surface area contributed by atoms with E-state index in [-0.39, 0.29) is 0 Å². The van der Waals surface area contributed by atoms with E-state index in [4.69, 9.17) is 5.11 Å². The molecule has 0 saturated heterocycles. The van der Waals surface area contributed by atoms with Gasteiger partial charge in [0.15, 0.2) is 5.69 Å². The maximum Gasteiger partial charge on any atom is 0.433 e. The lowest BCUT2D eigenvalue weighted by atomic mass is 10.2. The molecule has 7 heteroatoms. The van der Waals surface area contributed by atoms with E-state index >= 15 is 0 Å². The minimum absolute atomic E-state index is 0.434. The number of halogens is 3. The average Bonchev–Trinajstić information content (AvgIpc) is 2.59. The van der Waals surface area contributed by atoms with Gasteiger partial charge in [0.05, 0.1) is 6.20 Å².